The third-order valence-electron chi connectivity index (χ3n) is 5.28. The normalized spacial score (nSPS) is 17.0. The van der Waals surface area contributed by atoms with Gasteiger partial charge in [0.05, 0.1) is 12.5 Å². The predicted molar refractivity (Wildman–Crippen MR) is 110 cm³/mol. The Labute approximate surface area is 171 Å². The number of phenolic OH excluding ortho intramolecular Hbond substituents is 1. The monoisotopic (exact) mass is 414 g/mol. The van der Waals surface area contributed by atoms with E-state index in [9.17, 15) is 14.7 Å². The van der Waals surface area contributed by atoms with Crippen LogP contribution in [0, 0.1) is 5.92 Å². The molecule has 3 aromatic rings. The molecule has 7 nitrogen and oxygen atoms in total. The number of ether oxygens (including phenoxy) is 2. The second-order valence-corrected chi connectivity index (χ2v) is 8.50. The lowest BCUT2D eigenvalue weighted by molar-refractivity contribution is 0.0317. The van der Waals surface area contributed by atoms with E-state index in [-0.39, 0.29) is 22.7 Å². The highest BCUT2D eigenvalue weighted by atomic mass is 32.1. The number of aromatic nitrogens is 2. The standard InChI is InChI=1S/C21H22N2O5S/c1-10-4-6-14-16(8-10)29-20-17(14)19(25)22-18(23-20)11(2)28-21(26)13-7-5-12(27-3)9-15(13)24/h5,7,9-11,24H,4,6,8H2,1-3H3,(H,22,23,25)/t10-,11+/m0/s1. The summed E-state index contributed by atoms with van der Waals surface area (Å²) in [6.45, 7) is 3.85. The Morgan fingerprint density at radius 3 is 2.93 bits per heavy atom. The highest BCUT2D eigenvalue weighted by molar-refractivity contribution is 7.18. The number of aromatic hydroxyl groups is 1. The molecule has 0 spiro atoms. The van der Waals surface area contributed by atoms with Crippen LogP contribution in [0.25, 0.3) is 10.2 Å². The number of nitrogens with one attached hydrogen (secondary N) is 1. The lowest BCUT2D eigenvalue weighted by Crippen LogP contribution is -2.18. The molecule has 0 bridgehead atoms. The van der Waals surface area contributed by atoms with Crippen molar-refractivity contribution in [3.05, 3.63) is 50.4 Å². The molecule has 0 unspecified atom stereocenters. The molecule has 1 aromatic carbocycles. The molecule has 0 saturated carbocycles. The maximum absolute atomic E-state index is 12.7. The Kier molecular flexibility index (Phi) is 5.04. The first-order valence-corrected chi connectivity index (χ1v) is 10.3. The number of carbonyl (C=O) groups is 1. The summed E-state index contributed by atoms with van der Waals surface area (Å²) in [4.78, 5) is 34.4. The number of aryl methyl sites for hydroxylation is 1. The number of aromatic amines is 1. The van der Waals surface area contributed by atoms with Crippen molar-refractivity contribution in [1.29, 1.82) is 0 Å². The van der Waals surface area contributed by atoms with Gasteiger partial charge in [0.15, 0.2) is 11.9 Å². The first kappa shape index (κ1) is 19.4. The summed E-state index contributed by atoms with van der Waals surface area (Å²) in [7, 11) is 1.47. The summed E-state index contributed by atoms with van der Waals surface area (Å²) >= 11 is 1.55. The summed E-state index contributed by atoms with van der Waals surface area (Å²) in [6, 6.07) is 4.33. The number of hydrogen-bond acceptors (Lipinski definition) is 7. The fourth-order valence-electron chi connectivity index (χ4n) is 3.65. The highest BCUT2D eigenvalue weighted by Gasteiger charge is 2.25. The molecule has 2 N–H and O–H groups in total. The second kappa shape index (κ2) is 7.51. The van der Waals surface area contributed by atoms with Crippen LogP contribution in [0.2, 0.25) is 0 Å². The van der Waals surface area contributed by atoms with E-state index in [4.69, 9.17) is 9.47 Å². The fraction of sp³-hybridized carbons (Fsp3) is 0.381. The van der Waals surface area contributed by atoms with Crippen molar-refractivity contribution in [2.75, 3.05) is 7.11 Å². The maximum Gasteiger partial charge on any atom is 0.342 e. The number of hydrogen-bond donors (Lipinski definition) is 2. The first-order chi connectivity index (χ1) is 13.9. The zero-order chi connectivity index (χ0) is 20.7. The third-order valence-corrected chi connectivity index (χ3v) is 6.43. The van der Waals surface area contributed by atoms with Crippen molar-refractivity contribution in [1.82, 2.24) is 9.97 Å². The number of methoxy groups -OCH3 is 1. The number of fused-ring (bicyclic) bond motifs is 3. The van der Waals surface area contributed by atoms with E-state index >= 15 is 0 Å². The van der Waals surface area contributed by atoms with Gasteiger partial charge in [-0.15, -0.1) is 11.3 Å². The van der Waals surface area contributed by atoms with Gasteiger partial charge in [0.1, 0.15) is 21.9 Å². The van der Waals surface area contributed by atoms with Gasteiger partial charge in [-0.2, -0.15) is 0 Å². The molecular formula is C21H22N2O5S. The highest BCUT2D eigenvalue weighted by Crippen LogP contribution is 2.36. The van der Waals surface area contributed by atoms with Gasteiger partial charge >= 0.3 is 5.97 Å². The third kappa shape index (κ3) is 3.60. The topological polar surface area (TPSA) is 102 Å². The molecule has 4 rings (SSSR count). The molecule has 2 heterocycles. The molecule has 0 radical (unpaired) electrons. The van der Waals surface area contributed by atoms with E-state index in [1.807, 2.05) is 0 Å². The van der Waals surface area contributed by atoms with Crippen LogP contribution >= 0.6 is 11.3 Å². The Bertz CT molecular complexity index is 1150. The quantitative estimate of drug-likeness (QED) is 0.631. The van der Waals surface area contributed by atoms with Gasteiger partial charge in [-0.1, -0.05) is 6.92 Å². The summed E-state index contributed by atoms with van der Waals surface area (Å²) in [5.41, 5.74) is 0.921. The number of thiophene rings is 1. The van der Waals surface area contributed by atoms with Crippen LogP contribution < -0.4 is 10.3 Å². The van der Waals surface area contributed by atoms with Crippen molar-refractivity contribution in [3.63, 3.8) is 0 Å². The number of rotatable bonds is 4. The number of H-pyrrole nitrogens is 1. The lowest BCUT2D eigenvalue weighted by atomic mass is 9.89. The summed E-state index contributed by atoms with van der Waals surface area (Å²) < 4.78 is 10.4. The van der Waals surface area contributed by atoms with Crippen molar-refractivity contribution in [2.24, 2.45) is 5.92 Å². The predicted octanol–water partition coefficient (Wildman–Crippen LogP) is 3.74. The summed E-state index contributed by atoms with van der Waals surface area (Å²) in [5, 5.41) is 10.7. The Hall–Kier alpha value is -2.87. The molecular weight excluding hydrogens is 392 g/mol. The van der Waals surface area contributed by atoms with Crippen LogP contribution in [0.1, 0.15) is 53.0 Å². The van der Waals surface area contributed by atoms with Gasteiger partial charge in [0, 0.05) is 10.9 Å². The fourth-order valence-corrected chi connectivity index (χ4v) is 5.04. The first-order valence-electron chi connectivity index (χ1n) is 9.49. The number of benzene rings is 1. The second-order valence-electron chi connectivity index (χ2n) is 7.41. The molecule has 8 heteroatoms. The van der Waals surface area contributed by atoms with Crippen LogP contribution in [0.5, 0.6) is 11.5 Å². The molecule has 152 valence electrons. The van der Waals surface area contributed by atoms with Crippen molar-refractivity contribution in [2.45, 2.75) is 39.2 Å². The van der Waals surface area contributed by atoms with Crippen LogP contribution in [0.15, 0.2) is 23.0 Å². The van der Waals surface area contributed by atoms with Gasteiger partial charge < -0.3 is 19.6 Å². The molecule has 0 aliphatic heterocycles. The van der Waals surface area contributed by atoms with Crippen molar-refractivity contribution >= 4 is 27.5 Å². The van der Waals surface area contributed by atoms with E-state index in [2.05, 4.69) is 16.9 Å². The minimum Gasteiger partial charge on any atom is -0.507 e. The van der Waals surface area contributed by atoms with E-state index in [1.54, 1.807) is 24.3 Å². The minimum atomic E-state index is -0.779. The SMILES string of the molecule is COc1ccc(C(=O)O[C@H](C)c2nc3sc4c(c3c(=O)[nH]2)CC[C@H](C)C4)c(O)c1. The van der Waals surface area contributed by atoms with Gasteiger partial charge in [-0.25, -0.2) is 9.78 Å². The molecule has 1 aliphatic carbocycles. The number of phenols is 1. The van der Waals surface area contributed by atoms with Crippen molar-refractivity contribution < 1.29 is 19.4 Å². The largest absolute Gasteiger partial charge is 0.507 e. The molecule has 2 aromatic heterocycles. The molecule has 2 atom stereocenters. The van der Waals surface area contributed by atoms with Gasteiger partial charge in [-0.3, -0.25) is 4.79 Å². The number of nitrogens with zero attached hydrogens (tertiary/aromatic N) is 1. The minimum absolute atomic E-state index is 0.0154. The van der Waals surface area contributed by atoms with Crippen LogP contribution in [-0.2, 0) is 17.6 Å². The van der Waals surface area contributed by atoms with Crippen LogP contribution in [0.3, 0.4) is 0 Å². The summed E-state index contributed by atoms with van der Waals surface area (Å²) in [5.74, 6) is 0.374. The molecule has 0 saturated heterocycles. The van der Waals surface area contributed by atoms with Crippen LogP contribution in [0.4, 0.5) is 0 Å². The molecule has 29 heavy (non-hydrogen) atoms. The van der Waals surface area contributed by atoms with Gasteiger partial charge in [-0.05, 0) is 49.8 Å². The van der Waals surface area contributed by atoms with Crippen molar-refractivity contribution in [3.8, 4) is 11.5 Å². The maximum atomic E-state index is 12.7. The zero-order valence-electron chi connectivity index (χ0n) is 16.4. The lowest BCUT2D eigenvalue weighted by Gasteiger charge is -2.17. The molecule has 0 fully saturated rings. The van der Waals surface area contributed by atoms with Crippen LogP contribution in [-0.4, -0.2) is 28.2 Å². The van der Waals surface area contributed by atoms with E-state index in [1.165, 1.54) is 24.1 Å². The molecule has 0 amide bonds. The average Bonchev–Trinajstić information content (AvgIpc) is 3.05. The van der Waals surface area contributed by atoms with E-state index in [0.29, 0.717) is 21.9 Å². The Morgan fingerprint density at radius 1 is 1.41 bits per heavy atom. The smallest absolute Gasteiger partial charge is 0.342 e. The summed E-state index contributed by atoms with van der Waals surface area (Å²) in [6.07, 6.45) is 2.15. The van der Waals surface area contributed by atoms with E-state index in [0.717, 1.165) is 24.8 Å². The Balaban J connectivity index is 1.61. The van der Waals surface area contributed by atoms with Gasteiger partial charge in [0.2, 0.25) is 0 Å². The van der Waals surface area contributed by atoms with E-state index < -0.39 is 12.1 Å². The number of carbonyl (C=O) groups excluding carboxylic acids is 1. The molecule has 1 aliphatic rings. The Morgan fingerprint density at radius 2 is 2.21 bits per heavy atom. The zero-order valence-corrected chi connectivity index (χ0v) is 17.3. The number of esters is 1. The average molecular weight is 414 g/mol. The van der Waals surface area contributed by atoms with Gasteiger partial charge in [0.25, 0.3) is 5.56 Å².